The number of fused-ring (bicyclic) bond motifs is 1. The number of carbonyl (C=O) groups is 3. The summed E-state index contributed by atoms with van der Waals surface area (Å²) in [5.74, 6) is -0.819. The lowest BCUT2D eigenvalue weighted by atomic mass is 9.92. The Morgan fingerprint density at radius 3 is 2.48 bits per heavy atom. The average molecular weight is 381 g/mol. The van der Waals surface area contributed by atoms with Crippen molar-refractivity contribution in [2.24, 2.45) is 5.41 Å². The Morgan fingerprint density at radius 1 is 1.17 bits per heavy atom. The van der Waals surface area contributed by atoms with Crippen LogP contribution >= 0.6 is 15.9 Å². The third-order valence-electron chi connectivity index (χ3n) is 3.69. The molecule has 1 aromatic rings. The molecule has 2 rings (SSSR count). The molecule has 0 fully saturated rings. The summed E-state index contributed by atoms with van der Waals surface area (Å²) in [5, 5.41) is 2.83. The summed E-state index contributed by atoms with van der Waals surface area (Å²) in [7, 11) is 0. The van der Waals surface area contributed by atoms with Crippen LogP contribution in [0.25, 0.3) is 0 Å². The molecule has 0 saturated heterocycles. The number of hydrogen-bond acceptors (Lipinski definition) is 3. The fourth-order valence-electron chi connectivity index (χ4n) is 2.34. The molecule has 3 amide bonds. The van der Waals surface area contributed by atoms with Crippen LogP contribution in [0.2, 0.25) is 0 Å². The number of nitrogens with zero attached hydrogens (tertiary/aromatic N) is 1. The van der Waals surface area contributed by atoms with Gasteiger partial charge in [0, 0.05) is 24.0 Å². The lowest BCUT2D eigenvalue weighted by Gasteiger charge is -2.18. The normalized spacial score (nSPS) is 14.2. The fourth-order valence-corrected chi connectivity index (χ4v) is 2.71. The average Bonchev–Trinajstić information content (AvgIpc) is 2.67. The number of imide groups is 1. The van der Waals surface area contributed by atoms with Crippen LogP contribution in [0, 0.1) is 5.41 Å². The van der Waals surface area contributed by atoms with Crippen LogP contribution < -0.4 is 5.32 Å². The summed E-state index contributed by atoms with van der Waals surface area (Å²) < 4.78 is 0.749. The third-order valence-corrected chi connectivity index (χ3v) is 4.19. The lowest BCUT2D eigenvalue weighted by molar-refractivity contribution is -0.121. The van der Waals surface area contributed by atoms with Gasteiger partial charge in [0.25, 0.3) is 11.8 Å². The molecule has 124 valence electrons. The fraction of sp³-hybridized carbons (Fsp3) is 0.471. The van der Waals surface area contributed by atoms with Crippen molar-refractivity contribution in [2.75, 3.05) is 13.1 Å². The van der Waals surface area contributed by atoms with Crippen LogP contribution in [-0.2, 0) is 4.79 Å². The van der Waals surface area contributed by atoms with E-state index < -0.39 is 0 Å². The molecular weight excluding hydrogens is 360 g/mol. The maximum atomic E-state index is 12.3. The molecule has 1 N–H and O–H groups in total. The number of benzene rings is 1. The van der Waals surface area contributed by atoms with Crippen molar-refractivity contribution in [1.29, 1.82) is 0 Å². The first-order chi connectivity index (χ1) is 10.7. The van der Waals surface area contributed by atoms with E-state index in [9.17, 15) is 14.4 Å². The number of halogens is 1. The van der Waals surface area contributed by atoms with E-state index in [1.807, 2.05) is 0 Å². The Balaban J connectivity index is 1.89. The summed E-state index contributed by atoms with van der Waals surface area (Å²) in [4.78, 5) is 37.5. The van der Waals surface area contributed by atoms with Crippen molar-refractivity contribution < 1.29 is 14.4 Å². The highest BCUT2D eigenvalue weighted by molar-refractivity contribution is 9.10. The summed E-state index contributed by atoms with van der Waals surface area (Å²) in [6.07, 6.45) is 0.997. The first-order valence-corrected chi connectivity index (χ1v) is 8.41. The highest BCUT2D eigenvalue weighted by Crippen LogP contribution is 2.26. The predicted molar refractivity (Wildman–Crippen MR) is 91.2 cm³/mol. The van der Waals surface area contributed by atoms with Crippen molar-refractivity contribution in [3.63, 3.8) is 0 Å². The highest BCUT2D eigenvalue weighted by atomic mass is 79.9. The van der Waals surface area contributed by atoms with E-state index >= 15 is 0 Å². The number of rotatable bonds is 5. The van der Waals surface area contributed by atoms with Crippen LogP contribution in [0.4, 0.5) is 0 Å². The minimum Gasteiger partial charge on any atom is -0.356 e. The zero-order valence-corrected chi connectivity index (χ0v) is 15.2. The largest absolute Gasteiger partial charge is 0.356 e. The van der Waals surface area contributed by atoms with Gasteiger partial charge in [0.1, 0.15) is 0 Å². The quantitative estimate of drug-likeness (QED) is 0.798. The van der Waals surface area contributed by atoms with Gasteiger partial charge in [-0.25, -0.2) is 0 Å². The van der Waals surface area contributed by atoms with Crippen molar-refractivity contribution in [2.45, 2.75) is 33.6 Å². The number of amides is 3. The number of carbonyl (C=O) groups excluding carboxylic acids is 3. The Kier molecular flexibility index (Phi) is 5.24. The molecule has 1 aliphatic heterocycles. The van der Waals surface area contributed by atoms with Crippen molar-refractivity contribution >= 4 is 33.7 Å². The van der Waals surface area contributed by atoms with Gasteiger partial charge in [-0.1, -0.05) is 36.7 Å². The van der Waals surface area contributed by atoms with Gasteiger partial charge in [0.05, 0.1) is 11.1 Å². The smallest absolute Gasteiger partial charge is 0.261 e. The van der Waals surface area contributed by atoms with Crippen molar-refractivity contribution in [1.82, 2.24) is 10.2 Å². The van der Waals surface area contributed by atoms with Crippen LogP contribution in [0.5, 0.6) is 0 Å². The Bertz CT molecular complexity index is 650. The summed E-state index contributed by atoms with van der Waals surface area (Å²) in [6, 6.07) is 4.99. The van der Waals surface area contributed by atoms with Crippen LogP contribution in [-0.4, -0.2) is 35.7 Å². The van der Waals surface area contributed by atoms with Gasteiger partial charge < -0.3 is 5.32 Å². The molecule has 0 bridgehead atoms. The zero-order chi connectivity index (χ0) is 17.2. The van der Waals surface area contributed by atoms with Crippen molar-refractivity contribution in [3.8, 4) is 0 Å². The van der Waals surface area contributed by atoms with Gasteiger partial charge in [-0.2, -0.15) is 0 Å². The van der Waals surface area contributed by atoms with Gasteiger partial charge in [0.2, 0.25) is 5.91 Å². The van der Waals surface area contributed by atoms with Gasteiger partial charge >= 0.3 is 0 Å². The van der Waals surface area contributed by atoms with E-state index in [-0.39, 0.29) is 36.1 Å². The van der Waals surface area contributed by atoms with Crippen molar-refractivity contribution in [3.05, 3.63) is 33.8 Å². The molecule has 0 saturated carbocycles. The van der Waals surface area contributed by atoms with E-state index in [0.717, 1.165) is 15.8 Å². The Labute approximate surface area is 144 Å². The third kappa shape index (κ3) is 4.41. The first kappa shape index (κ1) is 17.7. The molecule has 0 aliphatic carbocycles. The Hall–Kier alpha value is -1.69. The molecule has 5 nitrogen and oxygen atoms in total. The number of nitrogens with one attached hydrogen (secondary N) is 1. The van der Waals surface area contributed by atoms with Gasteiger partial charge in [0.15, 0.2) is 0 Å². The standard InChI is InChI=1S/C17H21BrN2O3/c1-17(2,3)7-8-19-14(21)6-9-20-15(22)12-5-4-11(18)10-13(12)16(20)23/h4-5,10H,6-9H2,1-3H3,(H,19,21). The molecule has 1 heterocycles. The summed E-state index contributed by atoms with van der Waals surface area (Å²) in [6.45, 7) is 7.02. The van der Waals surface area contributed by atoms with Gasteiger partial charge in [-0.3, -0.25) is 19.3 Å². The van der Waals surface area contributed by atoms with Crippen LogP contribution in [0.1, 0.15) is 54.3 Å². The highest BCUT2D eigenvalue weighted by Gasteiger charge is 2.35. The van der Waals surface area contributed by atoms with E-state index in [2.05, 4.69) is 42.0 Å². The first-order valence-electron chi connectivity index (χ1n) is 7.61. The van der Waals surface area contributed by atoms with Crippen LogP contribution in [0.15, 0.2) is 22.7 Å². The monoisotopic (exact) mass is 380 g/mol. The maximum Gasteiger partial charge on any atom is 0.261 e. The minimum atomic E-state index is -0.339. The molecular formula is C17H21BrN2O3. The van der Waals surface area contributed by atoms with E-state index in [4.69, 9.17) is 0 Å². The lowest BCUT2D eigenvalue weighted by Crippen LogP contribution is -2.35. The van der Waals surface area contributed by atoms with E-state index in [0.29, 0.717) is 17.7 Å². The van der Waals surface area contributed by atoms with E-state index in [1.165, 1.54) is 0 Å². The van der Waals surface area contributed by atoms with Gasteiger partial charge in [-0.05, 0) is 30.0 Å². The number of hydrogen-bond donors (Lipinski definition) is 1. The molecule has 6 heteroatoms. The molecule has 0 unspecified atom stereocenters. The SMILES string of the molecule is CC(C)(C)CCNC(=O)CCN1C(=O)c2ccc(Br)cc2C1=O. The predicted octanol–water partition coefficient (Wildman–Crippen LogP) is 2.99. The summed E-state index contributed by atoms with van der Waals surface area (Å²) in [5.41, 5.74) is 0.937. The van der Waals surface area contributed by atoms with Crippen LogP contribution in [0.3, 0.4) is 0 Å². The second-order valence-corrected chi connectivity index (χ2v) is 7.78. The molecule has 1 aliphatic rings. The maximum absolute atomic E-state index is 12.3. The molecule has 0 aromatic heterocycles. The minimum absolute atomic E-state index is 0.102. The molecule has 0 radical (unpaired) electrons. The topological polar surface area (TPSA) is 66.5 Å². The molecule has 23 heavy (non-hydrogen) atoms. The molecule has 1 aromatic carbocycles. The summed E-state index contributed by atoms with van der Waals surface area (Å²) >= 11 is 3.29. The Morgan fingerprint density at radius 2 is 1.83 bits per heavy atom. The van der Waals surface area contributed by atoms with E-state index in [1.54, 1.807) is 18.2 Å². The van der Waals surface area contributed by atoms with Gasteiger partial charge in [-0.15, -0.1) is 0 Å². The zero-order valence-electron chi connectivity index (χ0n) is 13.6. The molecule has 0 spiro atoms. The molecule has 0 atom stereocenters. The second-order valence-electron chi connectivity index (χ2n) is 6.86. The second kappa shape index (κ2) is 6.83.